The molecule has 0 radical (unpaired) electrons. The number of benzene rings is 1. The van der Waals surface area contributed by atoms with Crippen molar-refractivity contribution in [1.82, 2.24) is 4.90 Å². The minimum Gasteiger partial charge on any atom is -0.301 e. The Bertz CT molecular complexity index is 425. The van der Waals surface area contributed by atoms with Gasteiger partial charge in [-0.3, -0.25) is 0 Å². The van der Waals surface area contributed by atoms with E-state index in [0.717, 1.165) is 37.0 Å². The first-order valence-corrected chi connectivity index (χ1v) is 7.51. The monoisotopic (exact) mass is 283 g/mol. The van der Waals surface area contributed by atoms with Crippen LogP contribution in [0.5, 0.6) is 0 Å². The molecule has 0 spiro atoms. The predicted octanol–water partition coefficient (Wildman–Crippen LogP) is 4.39. The fourth-order valence-electron chi connectivity index (χ4n) is 3.14. The third-order valence-electron chi connectivity index (χ3n) is 3.91. The van der Waals surface area contributed by atoms with Crippen molar-refractivity contribution in [2.45, 2.75) is 32.6 Å². The second-order valence-corrected chi connectivity index (χ2v) is 6.67. The zero-order valence-corrected chi connectivity index (χ0v) is 12.8. The Kier molecular flexibility index (Phi) is 4.86. The van der Waals surface area contributed by atoms with E-state index in [4.69, 9.17) is 11.6 Å². The van der Waals surface area contributed by atoms with E-state index in [1.165, 1.54) is 12.5 Å². The number of hydrogen-bond acceptors (Lipinski definition) is 1. The van der Waals surface area contributed by atoms with Gasteiger partial charge in [0.1, 0.15) is 5.82 Å². The molecule has 3 heteroatoms. The van der Waals surface area contributed by atoms with Crippen LogP contribution in [0.3, 0.4) is 0 Å². The first-order chi connectivity index (χ1) is 8.95. The fourth-order valence-corrected chi connectivity index (χ4v) is 3.47. The molecule has 0 aliphatic carbocycles. The number of likely N-dealkylation sites (tertiary alicyclic amines) is 1. The molecule has 1 saturated heterocycles. The molecule has 1 aromatic carbocycles. The quantitative estimate of drug-likeness (QED) is 0.744. The van der Waals surface area contributed by atoms with Gasteiger partial charge in [-0.15, -0.1) is 11.6 Å². The summed E-state index contributed by atoms with van der Waals surface area (Å²) in [6, 6.07) is 5.18. The van der Waals surface area contributed by atoms with Crippen LogP contribution >= 0.6 is 11.6 Å². The molecule has 0 saturated carbocycles. The van der Waals surface area contributed by atoms with E-state index >= 15 is 0 Å². The Balaban J connectivity index is 2.00. The zero-order valence-electron chi connectivity index (χ0n) is 12.0. The van der Waals surface area contributed by atoms with Gasteiger partial charge in [0.05, 0.1) is 5.38 Å². The van der Waals surface area contributed by atoms with Crippen molar-refractivity contribution in [3.05, 3.63) is 35.1 Å². The van der Waals surface area contributed by atoms with Crippen molar-refractivity contribution < 1.29 is 4.39 Å². The number of piperidine rings is 1. The Labute approximate surface area is 120 Å². The van der Waals surface area contributed by atoms with Crippen LogP contribution in [0.1, 0.15) is 36.8 Å². The Morgan fingerprint density at radius 3 is 2.53 bits per heavy atom. The van der Waals surface area contributed by atoms with Crippen LogP contribution < -0.4 is 0 Å². The summed E-state index contributed by atoms with van der Waals surface area (Å²) in [6.07, 6.45) is 1.30. The van der Waals surface area contributed by atoms with Crippen molar-refractivity contribution in [3.8, 4) is 0 Å². The van der Waals surface area contributed by atoms with Gasteiger partial charge in [0.25, 0.3) is 0 Å². The maximum atomic E-state index is 13.3. The first-order valence-electron chi connectivity index (χ1n) is 7.08. The molecule has 3 atom stereocenters. The molecular formula is C16H23ClFN. The molecule has 106 valence electrons. The van der Waals surface area contributed by atoms with E-state index in [1.54, 1.807) is 13.0 Å². The number of rotatable bonds is 3. The topological polar surface area (TPSA) is 3.24 Å². The van der Waals surface area contributed by atoms with Crippen molar-refractivity contribution in [3.63, 3.8) is 0 Å². The first kappa shape index (κ1) is 14.8. The number of hydrogen-bond donors (Lipinski definition) is 0. The minimum atomic E-state index is -0.159. The zero-order chi connectivity index (χ0) is 14.0. The number of alkyl halides is 1. The fraction of sp³-hybridized carbons (Fsp3) is 0.625. The van der Waals surface area contributed by atoms with Crippen LogP contribution in [-0.2, 0) is 0 Å². The smallest absolute Gasteiger partial charge is 0.126 e. The average Bonchev–Trinajstić information content (AvgIpc) is 2.31. The largest absolute Gasteiger partial charge is 0.301 e. The maximum Gasteiger partial charge on any atom is 0.126 e. The lowest BCUT2D eigenvalue weighted by Gasteiger charge is -2.36. The van der Waals surface area contributed by atoms with Crippen LogP contribution in [-0.4, -0.2) is 24.5 Å². The Morgan fingerprint density at radius 1 is 1.32 bits per heavy atom. The second-order valence-electron chi connectivity index (χ2n) is 6.14. The van der Waals surface area contributed by atoms with Gasteiger partial charge in [0.15, 0.2) is 0 Å². The summed E-state index contributed by atoms with van der Waals surface area (Å²) in [6.45, 7) is 9.47. The molecule has 1 aliphatic rings. The molecule has 19 heavy (non-hydrogen) atoms. The summed E-state index contributed by atoms with van der Waals surface area (Å²) in [4.78, 5) is 2.44. The van der Waals surface area contributed by atoms with Crippen molar-refractivity contribution in [1.29, 1.82) is 0 Å². The second kappa shape index (κ2) is 6.23. The summed E-state index contributed by atoms with van der Waals surface area (Å²) in [5.74, 6) is 1.32. The summed E-state index contributed by atoms with van der Waals surface area (Å²) in [7, 11) is 0. The van der Waals surface area contributed by atoms with Gasteiger partial charge in [-0.05, 0) is 42.4 Å². The van der Waals surface area contributed by atoms with E-state index in [9.17, 15) is 4.39 Å². The van der Waals surface area contributed by atoms with Crippen LogP contribution in [0.2, 0.25) is 0 Å². The van der Waals surface area contributed by atoms with Crippen molar-refractivity contribution >= 4 is 11.6 Å². The molecule has 0 aromatic heterocycles. The third kappa shape index (κ3) is 3.93. The van der Waals surface area contributed by atoms with E-state index in [0.29, 0.717) is 5.56 Å². The highest BCUT2D eigenvalue weighted by atomic mass is 35.5. The Hall–Kier alpha value is -0.600. The highest BCUT2D eigenvalue weighted by Crippen LogP contribution is 2.27. The van der Waals surface area contributed by atoms with E-state index in [-0.39, 0.29) is 11.2 Å². The van der Waals surface area contributed by atoms with Crippen LogP contribution in [0.25, 0.3) is 0 Å². The normalized spacial score (nSPS) is 26.4. The third-order valence-corrected chi connectivity index (χ3v) is 4.30. The molecule has 3 unspecified atom stereocenters. The molecule has 1 heterocycles. The van der Waals surface area contributed by atoms with Crippen LogP contribution in [0.15, 0.2) is 18.2 Å². The van der Waals surface area contributed by atoms with Crippen molar-refractivity contribution in [2.24, 2.45) is 11.8 Å². The number of halogens is 2. The van der Waals surface area contributed by atoms with E-state index in [2.05, 4.69) is 18.7 Å². The van der Waals surface area contributed by atoms with E-state index < -0.39 is 0 Å². The predicted molar refractivity (Wildman–Crippen MR) is 79.1 cm³/mol. The lowest BCUT2D eigenvalue weighted by atomic mass is 9.91. The van der Waals surface area contributed by atoms with Gasteiger partial charge >= 0.3 is 0 Å². The van der Waals surface area contributed by atoms with Gasteiger partial charge in [0.2, 0.25) is 0 Å². The van der Waals surface area contributed by atoms with Gasteiger partial charge in [-0.1, -0.05) is 26.0 Å². The summed E-state index contributed by atoms with van der Waals surface area (Å²) in [5, 5.41) is -0.0585. The summed E-state index contributed by atoms with van der Waals surface area (Å²) in [5.41, 5.74) is 1.69. The SMILES string of the molecule is Cc1cc(C(Cl)CN2CC(C)CC(C)C2)ccc1F. The van der Waals surface area contributed by atoms with Crippen molar-refractivity contribution in [2.75, 3.05) is 19.6 Å². The summed E-state index contributed by atoms with van der Waals surface area (Å²) < 4.78 is 13.3. The minimum absolute atomic E-state index is 0.0585. The molecule has 2 rings (SSSR count). The van der Waals surface area contributed by atoms with Gasteiger partial charge in [-0.2, -0.15) is 0 Å². The Morgan fingerprint density at radius 2 is 1.95 bits per heavy atom. The number of nitrogens with zero attached hydrogens (tertiary/aromatic N) is 1. The van der Waals surface area contributed by atoms with E-state index in [1.807, 2.05) is 6.07 Å². The molecule has 1 nitrogen and oxygen atoms in total. The molecule has 0 bridgehead atoms. The molecule has 1 aliphatic heterocycles. The van der Waals surface area contributed by atoms with Crippen LogP contribution in [0.4, 0.5) is 4.39 Å². The lowest BCUT2D eigenvalue weighted by Crippen LogP contribution is -2.40. The highest BCUT2D eigenvalue weighted by Gasteiger charge is 2.24. The standard InChI is InChI=1S/C16H23ClFN/c1-11-6-12(2)9-19(8-11)10-15(17)14-4-5-16(18)13(3)7-14/h4-5,7,11-12,15H,6,8-10H2,1-3H3. The maximum absolute atomic E-state index is 13.3. The van der Waals surface area contributed by atoms with Gasteiger partial charge in [0, 0.05) is 19.6 Å². The molecule has 1 aromatic rings. The average molecular weight is 284 g/mol. The summed E-state index contributed by atoms with van der Waals surface area (Å²) >= 11 is 6.50. The van der Waals surface area contributed by atoms with Gasteiger partial charge in [-0.25, -0.2) is 4.39 Å². The lowest BCUT2D eigenvalue weighted by molar-refractivity contribution is 0.141. The molecular weight excluding hydrogens is 261 g/mol. The molecule has 1 fully saturated rings. The molecule has 0 N–H and O–H groups in total. The van der Waals surface area contributed by atoms with Crippen LogP contribution in [0, 0.1) is 24.6 Å². The number of aryl methyl sites for hydroxylation is 1. The molecule has 0 amide bonds. The van der Waals surface area contributed by atoms with Gasteiger partial charge < -0.3 is 4.90 Å². The highest BCUT2D eigenvalue weighted by molar-refractivity contribution is 6.21.